The summed E-state index contributed by atoms with van der Waals surface area (Å²) >= 11 is 0. The van der Waals surface area contributed by atoms with E-state index in [0.29, 0.717) is 30.1 Å². The SMILES string of the molecule is CC(C)c1c(C(N)=O)nn2c(-c3cn[nH]c3)cc(N3Cc4ccc(F)cc4C3)nc12. The fourth-order valence-corrected chi connectivity index (χ4v) is 4.02. The molecule has 5 rings (SSSR count). The van der Waals surface area contributed by atoms with Gasteiger partial charge in [0, 0.05) is 36.5 Å². The lowest BCUT2D eigenvalue weighted by Crippen LogP contribution is -2.17. The lowest BCUT2D eigenvalue weighted by Gasteiger charge is -2.18. The Labute approximate surface area is 171 Å². The van der Waals surface area contributed by atoms with Crippen molar-refractivity contribution < 1.29 is 9.18 Å². The number of nitrogens with two attached hydrogens (primary N) is 1. The van der Waals surface area contributed by atoms with E-state index in [1.807, 2.05) is 26.0 Å². The maximum Gasteiger partial charge on any atom is 0.269 e. The molecule has 1 aromatic carbocycles. The molecule has 0 saturated carbocycles. The number of H-pyrrole nitrogens is 1. The summed E-state index contributed by atoms with van der Waals surface area (Å²) in [6.45, 7) is 5.12. The van der Waals surface area contributed by atoms with E-state index in [9.17, 15) is 9.18 Å². The van der Waals surface area contributed by atoms with Gasteiger partial charge in [0.25, 0.3) is 5.91 Å². The highest BCUT2D eigenvalue weighted by Gasteiger charge is 2.26. The number of nitrogens with zero attached hydrogens (tertiary/aromatic N) is 5. The first-order chi connectivity index (χ1) is 14.4. The number of primary amides is 1. The minimum Gasteiger partial charge on any atom is -0.364 e. The average Bonchev–Trinajstić information content (AvgIpc) is 3.43. The highest BCUT2D eigenvalue weighted by molar-refractivity contribution is 5.94. The number of aromatic amines is 1. The number of amides is 1. The van der Waals surface area contributed by atoms with E-state index in [-0.39, 0.29) is 17.4 Å². The van der Waals surface area contributed by atoms with E-state index in [0.717, 1.165) is 22.4 Å². The van der Waals surface area contributed by atoms with Crippen LogP contribution >= 0.6 is 0 Å². The van der Waals surface area contributed by atoms with Gasteiger partial charge in [-0.2, -0.15) is 10.2 Å². The maximum absolute atomic E-state index is 13.7. The molecule has 3 N–H and O–H groups in total. The number of carbonyl (C=O) groups excluding carboxylic acids is 1. The first-order valence-corrected chi connectivity index (χ1v) is 9.67. The van der Waals surface area contributed by atoms with E-state index >= 15 is 0 Å². The largest absolute Gasteiger partial charge is 0.364 e. The summed E-state index contributed by atoms with van der Waals surface area (Å²) in [6, 6.07) is 6.75. The summed E-state index contributed by atoms with van der Waals surface area (Å²) in [5.41, 5.74) is 10.7. The van der Waals surface area contributed by atoms with Gasteiger partial charge in [0.1, 0.15) is 11.6 Å². The van der Waals surface area contributed by atoms with Crippen molar-refractivity contribution in [3.05, 3.63) is 64.9 Å². The van der Waals surface area contributed by atoms with Crippen molar-refractivity contribution in [3.63, 3.8) is 0 Å². The van der Waals surface area contributed by atoms with Crippen molar-refractivity contribution in [2.45, 2.75) is 32.9 Å². The van der Waals surface area contributed by atoms with Gasteiger partial charge in [-0.25, -0.2) is 13.9 Å². The van der Waals surface area contributed by atoms with Crippen LogP contribution in [0.3, 0.4) is 0 Å². The normalized spacial score (nSPS) is 13.4. The van der Waals surface area contributed by atoms with Gasteiger partial charge >= 0.3 is 0 Å². The fourth-order valence-electron chi connectivity index (χ4n) is 4.02. The molecule has 1 aliphatic heterocycles. The summed E-state index contributed by atoms with van der Waals surface area (Å²) < 4.78 is 15.3. The second-order valence-electron chi connectivity index (χ2n) is 7.77. The number of hydrogen-bond donors (Lipinski definition) is 2. The van der Waals surface area contributed by atoms with Crippen LogP contribution in [0.2, 0.25) is 0 Å². The maximum atomic E-state index is 13.7. The van der Waals surface area contributed by atoms with Crippen LogP contribution in [0.15, 0.2) is 36.7 Å². The number of halogens is 1. The predicted molar refractivity (Wildman–Crippen MR) is 109 cm³/mol. The molecular weight excluding hydrogens is 385 g/mol. The number of anilines is 1. The molecule has 0 aliphatic carbocycles. The Morgan fingerprint density at radius 3 is 2.73 bits per heavy atom. The van der Waals surface area contributed by atoms with E-state index in [4.69, 9.17) is 10.7 Å². The van der Waals surface area contributed by atoms with Crippen molar-refractivity contribution >= 4 is 17.4 Å². The standard InChI is InChI=1S/C21H20FN7O/c1-11(2)18-19(20(23)30)27-29-16(14-7-24-25-8-14)6-17(26-21(18)29)28-9-12-3-4-15(22)5-13(12)10-28/h3-8,11H,9-10H2,1-2H3,(H2,23,30)(H,24,25). The van der Waals surface area contributed by atoms with Crippen LogP contribution in [-0.4, -0.2) is 30.7 Å². The quantitative estimate of drug-likeness (QED) is 0.543. The molecule has 0 bridgehead atoms. The van der Waals surface area contributed by atoms with Crippen LogP contribution < -0.4 is 10.6 Å². The third-order valence-electron chi connectivity index (χ3n) is 5.43. The average molecular weight is 405 g/mol. The zero-order valence-electron chi connectivity index (χ0n) is 16.6. The molecule has 0 radical (unpaired) electrons. The van der Waals surface area contributed by atoms with Crippen molar-refractivity contribution in [1.82, 2.24) is 24.8 Å². The Morgan fingerprint density at radius 1 is 1.23 bits per heavy atom. The first kappa shape index (κ1) is 18.3. The second kappa shape index (κ2) is 6.65. The lowest BCUT2D eigenvalue weighted by molar-refractivity contribution is 0.0994. The third-order valence-corrected chi connectivity index (χ3v) is 5.43. The summed E-state index contributed by atoms with van der Waals surface area (Å²) in [6.07, 6.45) is 3.45. The Kier molecular flexibility index (Phi) is 4.05. The molecule has 1 amide bonds. The van der Waals surface area contributed by atoms with Crippen LogP contribution in [0.25, 0.3) is 16.9 Å². The van der Waals surface area contributed by atoms with Crippen LogP contribution in [-0.2, 0) is 13.1 Å². The predicted octanol–water partition coefficient (Wildman–Crippen LogP) is 3.00. The van der Waals surface area contributed by atoms with Crippen molar-refractivity contribution in [3.8, 4) is 11.3 Å². The molecule has 8 nitrogen and oxygen atoms in total. The smallest absolute Gasteiger partial charge is 0.269 e. The van der Waals surface area contributed by atoms with Gasteiger partial charge in [0.15, 0.2) is 11.3 Å². The van der Waals surface area contributed by atoms with Crippen LogP contribution in [0.1, 0.15) is 46.9 Å². The van der Waals surface area contributed by atoms with E-state index in [1.165, 1.54) is 6.07 Å². The van der Waals surface area contributed by atoms with Gasteiger partial charge in [-0.1, -0.05) is 19.9 Å². The van der Waals surface area contributed by atoms with Gasteiger partial charge in [-0.05, 0) is 29.2 Å². The number of benzene rings is 1. The molecule has 4 heterocycles. The molecule has 152 valence electrons. The molecule has 0 spiro atoms. The third kappa shape index (κ3) is 2.81. The summed E-state index contributed by atoms with van der Waals surface area (Å²) in [5, 5.41) is 11.3. The Hall–Kier alpha value is -3.75. The van der Waals surface area contributed by atoms with Gasteiger partial charge in [0.05, 0.1) is 11.9 Å². The summed E-state index contributed by atoms with van der Waals surface area (Å²) in [4.78, 5) is 19.0. The molecule has 0 unspecified atom stereocenters. The monoisotopic (exact) mass is 405 g/mol. The van der Waals surface area contributed by atoms with E-state index in [2.05, 4.69) is 20.2 Å². The molecular formula is C21H20FN7O. The minimum absolute atomic E-state index is 0.00480. The van der Waals surface area contributed by atoms with Crippen LogP contribution in [0.5, 0.6) is 0 Å². The lowest BCUT2D eigenvalue weighted by atomic mass is 10.0. The van der Waals surface area contributed by atoms with Crippen molar-refractivity contribution in [2.24, 2.45) is 5.73 Å². The van der Waals surface area contributed by atoms with Crippen molar-refractivity contribution in [2.75, 3.05) is 4.90 Å². The number of fused-ring (bicyclic) bond motifs is 2. The Bertz CT molecular complexity index is 1280. The fraction of sp³-hybridized carbons (Fsp3) is 0.238. The number of hydrogen-bond acceptors (Lipinski definition) is 5. The summed E-state index contributed by atoms with van der Waals surface area (Å²) in [5.74, 6) is -0.127. The molecule has 30 heavy (non-hydrogen) atoms. The van der Waals surface area contributed by atoms with Gasteiger partial charge < -0.3 is 10.6 Å². The molecule has 1 aliphatic rings. The van der Waals surface area contributed by atoms with Gasteiger partial charge in [-0.15, -0.1) is 0 Å². The molecule has 3 aromatic heterocycles. The molecule has 0 saturated heterocycles. The first-order valence-electron chi connectivity index (χ1n) is 9.67. The molecule has 0 atom stereocenters. The highest BCUT2D eigenvalue weighted by atomic mass is 19.1. The Balaban J connectivity index is 1.72. The second-order valence-corrected chi connectivity index (χ2v) is 7.77. The van der Waals surface area contributed by atoms with E-state index < -0.39 is 5.91 Å². The molecule has 0 fully saturated rings. The number of rotatable bonds is 4. The number of carbonyl (C=O) groups is 1. The Morgan fingerprint density at radius 2 is 2.03 bits per heavy atom. The van der Waals surface area contributed by atoms with Gasteiger partial charge in [-0.3, -0.25) is 9.89 Å². The number of nitrogens with one attached hydrogen (secondary N) is 1. The molecule has 4 aromatic rings. The zero-order valence-corrected chi connectivity index (χ0v) is 16.6. The van der Waals surface area contributed by atoms with Crippen LogP contribution in [0, 0.1) is 5.82 Å². The zero-order chi connectivity index (χ0) is 21.0. The molecule has 9 heteroatoms. The summed E-state index contributed by atoms with van der Waals surface area (Å²) in [7, 11) is 0. The number of aromatic nitrogens is 5. The highest BCUT2D eigenvalue weighted by Crippen LogP contribution is 2.33. The topological polar surface area (TPSA) is 105 Å². The van der Waals surface area contributed by atoms with E-state index in [1.54, 1.807) is 23.0 Å². The van der Waals surface area contributed by atoms with Crippen LogP contribution in [0.4, 0.5) is 10.2 Å². The van der Waals surface area contributed by atoms with Gasteiger partial charge in [0.2, 0.25) is 0 Å². The van der Waals surface area contributed by atoms with Crippen molar-refractivity contribution in [1.29, 1.82) is 0 Å². The minimum atomic E-state index is -0.590.